The van der Waals surface area contributed by atoms with Gasteiger partial charge in [-0.2, -0.15) is 5.10 Å². The molecule has 0 bridgehead atoms. The summed E-state index contributed by atoms with van der Waals surface area (Å²) in [4.78, 5) is 16.8. The first-order valence-electron chi connectivity index (χ1n) is 10.0. The molecule has 0 spiro atoms. The van der Waals surface area contributed by atoms with Gasteiger partial charge in [0.1, 0.15) is 0 Å². The van der Waals surface area contributed by atoms with E-state index in [1.807, 2.05) is 66.3 Å². The second-order valence-corrected chi connectivity index (χ2v) is 7.24. The predicted octanol–water partition coefficient (Wildman–Crippen LogP) is 4.32. The van der Waals surface area contributed by atoms with E-state index in [1.54, 1.807) is 12.4 Å². The summed E-state index contributed by atoms with van der Waals surface area (Å²) >= 11 is 0. The van der Waals surface area contributed by atoms with Gasteiger partial charge >= 0.3 is 0 Å². The number of nitrogens with zero attached hydrogens (tertiary/aromatic N) is 3. The van der Waals surface area contributed by atoms with E-state index in [2.05, 4.69) is 39.7 Å². The van der Waals surface area contributed by atoms with Crippen LogP contribution in [0.5, 0.6) is 0 Å². The molecule has 0 aliphatic heterocycles. The maximum atomic E-state index is 12.8. The van der Waals surface area contributed by atoms with Gasteiger partial charge in [0.25, 0.3) is 0 Å². The number of aryl methyl sites for hydroxylation is 1. The van der Waals surface area contributed by atoms with Crippen molar-refractivity contribution in [1.82, 2.24) is 20.1 Å². The number of amides is 1. The number of hydrogen-bond acceptors (Lipinski definition) is 3. The second-order valence-electron chi connectivity index (χ2n) is 7.24. The topological polar surface area (TPSA) is 59.8 Å². The molecule has 5 nitrogen and oxygen atoms in total. The highest BCUT2D eigenvalue weighted by atomic mass is 16.1. The molecule has 0 saturated heterocycles. The maximum Gasteiger partial charge on any atom is 0.221 e. The fourth-order valence-electron chi connectivity index (χ4n) is 3.65. The Morgan fingerprint density at radius 1 is 0.933 bits per heavy atom. The molecule has 0 aliphatic rings. The minimum absolute atomic E-state index is 0.00354. The van der Waals surface area contributed by atoms with Crippen LogP contribution < -0.4 is 5.32 Å². The molecule has 0 fully saturated rings. The lowest BCUT2D eigenvalue weighted by Gasteiger charge is -2.17. The minimum atomic E-state index is 0.00354. The molecule has 4 aromatic rings. The van der Waals surface area contributed by atoms with E-state index in [-0.39, 0.29) is 11.8 Å². The molecular formula is C25H24N4O. The van der Waals surface area contributed by atoms with Crippen LogP contribution in [0, 0.1) is 0 Å². The Balaban J connectivity index is 1.45. The number of nitrogens with one attached hydrogen (secondary N) is 1. The first-order chi connectivity index (χ1) is 14.7. The van der Waals surface area contributed by atoms with Gasteiger partial charge in [0, 0.05) is 37.3 Å². The van der Waals surface area contributed by atoms with Crippen LogP contribution in [0.25, 0.3) is 11.3 Å². The van der Waals surface area contributed by atoms with Crippen molar-refractivity contribution in [2.75, 3.05) is 0 Å². The molecule has 5 heteroatoms. The Morgan fingerprint density at radius 3 is 2.13 bits per heavy atom. The standard InChI is InChI=1S/C25H24N4O/c1-29-24(21-12-14-26-15-13-21)16-22(28-29)18-27-25(30)17-23(19-8-4-2-5-9-19)20-10-6-3-7-11-20/h2-16,23H,17-18H2,1H3,(H,27,30). The average molecular weight is 396 g/mol. The third-order valence-electron chi connectivity index (χ3n) is 5.17. The molecule has 2 heterocycles. The minimum Gasteiger partial charge on any atom is -0.350 e. The van der Waals surface area contributed by atoms with Crippen molar-refractivity contribution in [3.63, 3.8) is 0 Å². The molecule has 0 aliphatic carbocycles. The summed E-state index contributed by atoms with van der Waals surface area (Å²) in [5.41, 5.74) is 5.14. The first kappa shape index (κ1) is 19.6. The molecule has 2 aromatic heterocycles. The highest BCUT2D eigenvalue weighted by Gasteiger charge is 2.18. The maximum absolute atomic E-state index is 12.8. The SMILES string of the molecule is Cn1nc(CNC(=O)CC(c2ccccc2)c2ccccc2)cc1-c1ccncc1. The summed E-state index contributed by atoms with van der Waals surface area (Å²) in [5.74, 6) is 0.0207. The van der Waals surface area contributed by atoms with E-state index < -0.39 is 0 Å². The smallest absolute Gasteiger partial charge is 0.221 e. The Bertz CT molecular complexity index is 1050. The van der Waals surface area contributed by atoms with Gasteiger partial charge in [-0.25, -0.2) is 0 Å². The van der Waals surface area contributed by atoms with Crippen LogP contribution in [0.4, 0.5) is 0 Å². The zero-order chi connectivity index (χ0) is 20.8. The van der Waals surface area contributed by atoms with Crippen LogP contribution in [0.2, 0.25) is 0 Å². The monoisotopic (exact) mass is 396 g/mol. The Labute approximate surface area is 176 Å². The third kappa shape index (κ3) is 4.63. The zero-order valence-electron chi connectivity index (χ0n) is 16.9. The lowest BCUT2D eigenvalue weighted by Crippen LogP contribution is -2.25. The largest absolute Gasteiger partial charge is 0.350 e. The van der Waals surface area contributed by atoms with Crippen LogP contribution >= 0.6 is 0 Å². The highest BCUT2D eigenvalue weighted by molar-refractivity contribution is 5.77. The summed E-state index contributed by atoms with van der Waals surface area (Å²) in [6, 6.07) is 26.2. The lowest BCUT2D eigenvalue weighted by atomic mass is 9.88. The number of benzene rings is 2. The number of aromatic nitrogens is 3. The van der Waals surface area contributed by atoms with Crippen molar-refractivity contribution in [2.24, 2.45) is 7.05 Å². The Kier molecular flexibility index (Phi) is 5.99. The van der Waals surface area contributed by atoms with Crippen molar-refractivity contribution in [2.45, 2.75) is 18.9 Å². The molecule has 0 saturated carbocycles. The van der Waals surface area contributed by atoms with Gasteiger partial charge in [-0.05, 0) is 29.3 Å². The van der Waals surface area contributed by atoms with Gasteiger partial charge in [-0.3, -0.25) is 14.5 Å². The number of pyridine rings is 1. The molecule has 0 radical (unpaired) electrons. The summed E-state index contributed by atoms with van der Waals surface area (Å²) in [5, 5.41) is 7.57. The van der Waals surface area contributed by atoms with E-state index >= 15 is 0 Å². The molecule has 1 amide bonds. The third-order valence-corrected chi connectivity index (χ3v) is 5.17. The van der Waals surface area contributed by atoms with Gasteiger partial charge in [0.05, 0.1) is 17.9 Å². The zero-order valence-corrected chi connectivity index (χ0v) is 16.9. The highest BCUT2D eigenvalue weighted by Crippen LogP contribution is 2.27. The summed E-state index contributed by atoms with van der Waals surface area (Å²) in [7, 11) is 1.90. The summed E-state index contributed by atoms with van der Waals surface area (Å²) in [6.07, 6.45) is 3.91. The van der Waals surface area contributed by atoms with Crippen LogP contribution in [0.3, 0.4) is 0 Å². The van der Waals surface area contributed by atoms with Crippen molar-refractivity contribution < 1.29 is 4.79 Å². The van der Waals surface area contributed by atoms with Crippen molar-refractivity contribution in [3.8, 4) is 11.3 Å². The molecule has 30 heavy (non-hydrogen) atoms. The predicted molar refractivity (Wildman–Crippen MR) is 118 cm³/mol. The molecule has 0 atom stereocenters. The van der Waals surface area contributed by atoms with Crippen molar-refractivity contribution in [1.29, 1.82) is 0 Å². The molecule has 4 rings (SSSR count). The second kappa shape index (κ2) is 9.18. The number of rotatable bonds is 7. The van der Waals surface area contributed by atoms with Gasteiger partial charge in [-0.1, -0.05) is 60.7 Å². The van der Waals surface area contributed by atoms with Gasteiger partial charge in [0.2, 0.25) is 5.91 Å². The quantitative estimate of drug-likeness (QED) is 0.506. The fourth-order valence-corrected chi connectivity index (χ4v) is 3.65. The van der Waals surface area contributed by atoms with Gasteiger partial charge < -0.3 is 5.32 Å². The average Bonchev–Trinajstić information content (AvgIpc) is 3.18. The first-order valence-corrected chi connectivity index (χ1v) is 10.0. The summed E-state index contributed by atoms with van der Waals surface area (Å²) in [6.45, 7) is 0.397. The lowest BCUT2D eigenvalue weighted by molar-refractivity contribution is -0.121. The van der Waals surface area contributed by atoms with Crippen LogP contribution in [-0.4, -0.2) is 20.7 Å². The van der Waals surface area contributed by atoms with E-state index in [0.717, 1.165) is 28.1 Å². The molecule has 1 N–H and O–H groups in total. The van der Waals surface area contributed by atoms with Crippen LogP contribution in [0.1, 0.15) is 29.2 Å². The van der Waals surface area contributed by atoms with Gasteiger partial charge in [-0.15, -0.1) is 0 Å². The molecular weight excluding hydrogens is 372 g/mol. The molecule has 2 aromatic carbocycles. The summed E-state index contributed by atoms with van der Waals surface area (Å²) < 4.78 is 1.83. The van der Waals surface area contributed by atoms with E-state index in [9.17, 15) is 4.79 Å². The molecule has 150 valence electrons. The molecule has 0 unspecified atom stereocenters. The fraction of sp³-hybridized carbons (Fsp3) is 0.160. The Hall–Kier alpha value is -3.73. The van der Waals surface area contributed by atoms with E-state index in [1.165, 1.54) is 0 Å². The number of carbonyl (C=O) groups is 1. The normalized spacial score (nSPS) is 10.9. The number of carbonyl (C=O) groups excluding carboxylic acids is 1. The van der Waals surface area contributed by atoms with Crippen molar-refractivity contribution >= 4 is 5.91 Å². The number of hydrogen-bond donors (Lipinski definition) is 1. The van der Waals surface area contributed by atoms with Gasteiger partial charge in [0.15, 0.2) is 0 Å². The Morgan fingerprint density at radius 2 is 1.53 bits per heavy atom. The van der Waals surface area contributed by atoms with E-state index in [0.29, 0.717) is 13.0 Å². The van der Waals surface area contributed by atoms with E-state index in [4.69, 9.17) is 0 Å². The van der Waals surface area contributed by atoms with Crippen LogP contribution in [-0.2, 0) is 18.4 Å². The van der Waals surface area contributed by atoms with Crippen molar-refractivity contribution in [3.05, 3.63) is 108 Å². The van der Waals surface area contributed by atoms with Crippen LogP contribution in [0.15, 0.2) is 91.3 Å².